The van der Waals surface area contributed by atoms with Gasteiger partial charge in [-0.15, -0.1) is 0 Å². The Morgan fingerprint density at radius 2 is 1.78 bits per heavy atom. The monoisotopic (exact) mass is 245 g/mol. The molecule has 1 saturated heterocycles. The maximum atomic E-state index is 5.74. The Balaban J connectivity index is 1.58. The second-order valence-corrected chi connectivity index (χ2v) is 5.68. The summed E-state index contributed by atoms with van der Waals surface area (Å²) in [5.41, 5.74) is 7.91. The average molecular weight is 245 g/mol. The van der Waals surface area contributed by atoms with Gasteiger partial charge in [0.1, 0.15) is 0 Å². The van der Waals surface area contributed by atoms with Gasteiger partial charge in [-0.2, -0.15) is 0 Å². The summed E-state index contributed by atoms with van der Waals surface area (Å²) in [5.74, 6) is 1.01. The van der Waals surface area contributed by atoms with Gasteiger partial charge in [-0.3, -0.25) is 0 Å². The molecule has 0 amide bonds. The Bertz CT molecular complexity index is 383. The molecule has 3 nitrogen and oxygen atoms in total. The van der Waals surface area contributed by atoms with E-state index in [9.17, 15) is 0 Å². The lowest BCUT2D eigenvalue weighted by molar-refractivity contribution is 0.282. The molecule has 1 aromatic rings. The smallest absolute Gasteiger partial charge is 0.0368 e. The first-order valence-corrected chi connectivity index (χ1v) is 7.14. The van der Waals surface area contributed by atoms with E-state index in [1.54, 1.807) is 0 Å². The summed E-state index contributed by atoms with van der Waals surface area (Å²) in [6.45, 7) is 6.13. The highest BCUT2D eigenvalue weighted by Gasteiger charge is 2.25. The summed E-state index contributed by atoms with van der Waals surface area (Å²) in [5, 5.41) is 0. The van der Waals surface area contributed by atoms with E-state index in [0.717, 1.165) is 18.2 Å². The Labute approximate surface area is 110 Å². The number of hydrogen-bond acceptors (Lipinski definition) is 3. The molecule has 2 N–H and O–H groups in total. The van der Waals surface area contributed by atoms with Gasteiger partial charge < -0.3 is 15.5 Å². The number of nitrogen functional groups attached to an aromatic ring is 1. The summed E-state index contributed by atoms with van der Waals surface area (Å²) in [6, 6.07) is 8.29. The fraction of sp³-hybridized carbons (Fsp3) is 0.600. The van der Waals surface area contributed by atoms with Crippen LogP contribution in [0.5, 0.6) is 0 Å². The summed E-state index contributed by atoms with van der Waals surface area (Å²) in [6.07, 6.45) is 4.19. The van der Waals surface area contributed by atoms with Gasteiger partial charge in [0.2, 0.25) is 0 Å². The fourth-order valence-corrected chi connectivity index (χ4v) is 2.76. The molecule has 3 heteroatoms. The zero-order valence-electron chi connectivity index (χ0n) is 11.0. The average Bonchev–Trinajstić information content (AvgIpc) is 3.19. The van der Waals surface area contributed by atoms with Crippen LogP contribution in [0.3, 0.4) is 0 Å². The Hall–Kier alpha value is -1.22. The van der Waals surface area contributed by atoms with Gasteiger partial charge in [0.05, 0.1) is 0 Å². The van der Waals surface area contributed by atoms with Crippen LogP contribution in [0.1, 0.15) is 19.3 Å². The third-order valence-electron chi connectivity index (χ3n) is 4.06. The maximum Gasteiger partial charge on any atom is 0.0368 e. The lowest BCUT2D eigenvalue weighted by Crippen LogP contribution is -2.31. The van der Waals surface area contributed by atoms with Gasteiger partial charge in [-0.25, -0.2) is 0 Å². The van der Waals surface area contributed by atoms with Crippen molar-refractivity contribution in [3.63, 3.8) is 0 Å². The van der Waals surface area contributed by atoms with E-state index in [-0.39, 0.29) is 0 Å². The standard InChI is InChI=1S/C15H23N3/c16-14-4-6-15(7-5-14)18-9-1-8-17(10-11-18)12-13-2-3-13/h4-7,13H,1-3,8-12,16H2. The number of nitrogens with two attached hydrogens (primary N) is 1. The van der Waals surface area contributed by atoms with Crippen LogP contribution in [-0.2, 0) is 0 Å². The van der Waals surface area contributed by atoms with E-state index in [1.807, 2.05) is 12.1 Å². The van der Waals surface area contributed by atoms with Gasteiger partial charge >= 0.3 is 0 Å². The molecule has 1 heterocycles. The SMILES string of the molecule is Nc1ccc(N2CCCN(CC3CC3)CC2)cc1. The topological polar surface area (TPSA) is 32.5 Å². The Kier molecular flexibility index (Phi) is 3.41. The summed E-state index contributed by atoms with van der Waals surface area (Å²) in [4.78, 5) is 5.14. The van der Waals surface area contributed by atoms with Crippen LogP contribution >= 0.6 is 0 Å². The van der Waals surface area contributed by atoms with Crippen LogP contribution in [0.4, 0.5) is 11.4 Å². The second kappa shape index (κ2) is 5.19. The molecule has 18 heavy (non-hydrogen) atoms. The van der Waals surface area contributed by atoms with Crippen LogP contribution in [0, 0.1) is 5.92 Å². The molecular weight excluding hydrogens is 222 g/mol. The molecule has 2 fully saturated rings. The first-order chi connectivity index (χ1) is 8.81. The molecule has 0 aromatic heterocycles. The van der Waals surface area contributed by atoms with Crippen LogP contribution in [-0.4, -0.2) is 37.6 Å². The number of nitrogens with zero attached hydrogens (tertiary/aromatic N) is 2. The lowest BCUT2D eigenvalue weighted by Gasteiger charge is -2.23. The van der Waals surface area contributed by atoms with Crippen LogP contribution < -0.4 is 10.6 Å². The predicted molar refractivity (Wildman–Crippen MR) is 76.8 cm³/mol. The van der Waals surface area contributed by atoms with Crippen molar-refractivity contribution in [2.75, 3.05) is 43.4 Å². The molecule has 0 radical (unpaired) electrons. The summed E-state index contributed by atoms with van der Waals surface area (Å²) in [7, 11) is 0. The number of rotatable bonds is 3. The van der Waals surface area contributed by atoms with Crippen molar-refractivity contribution < 1.29 is 0 Å². The molecule has 2 aliphatic rings. The van der Waals surface area contributed by atoms with Gasteiger partial charge in [0, 0.05) is 37.6 Å². The van der Waals surface area contributed by atoms with Crippen molar-refractivity contribution in [2.24, 2.45) is 5.92 Å². The number of anilines is 2. The van der Waals surface area contributed by atoms with Gasteiger partial charge in [0.25, 0.3) is 0 Å². The summed E-state index contributed by atoms with van der Waals surface area (Å²) < 4.78 is 0. The molecule has 1 aromatic carbocycles. The van der Waals surface area contributed by atoms with E-state index in [0.29, 0.717) is 0 Å². The van der Waals surface area contributed by atoms with E-state index in [4.69, 9.17) is 5.73 Å². The van der Waals surface area contributed by atoms with Gasteiger partial charge in [-0.1, -0.05) is 0 Å². The van der Waals surface area contributed by atoms with Crippen molar-refractivity contribution in [3.8, 4) is 0 Å². The zero-order valence-corrected chi connectivity index (χ0v) is 11.0. The molecule has 1 aliphatic carbocycles. The van der Waals surface area contributed by atoms with E-state index in [1.165, 1.54) is 51.1 Å². The van der Waals surface area contributed by atoms with Gasteiger partial charge in [0.15, 0.2) is 0 Å². The van der Waals surface area contributed by atoms with Crippen molar-refractivity contribution in [1.82, 2.24) is 4.90 Å². The van der Waals surface area contributed by atoms with Crippen LogP contribution in [0.15, 0.2) is 24.3 Å². The van der Waals surface area contributed by atoms with Crippen molar-refractivity contribution in [3.05, 3.63) is 24.3 Å². The van der Waals surface area contributed by atoms with E-state index in [2.05, 4.69) is 21.9 Å². The first-order valence-electron chi connectivity index (χ1n) is 7.14. The van der Waals surface area contributed by atoms with Crippen molar-refractivity contribution in [2.45, 2.75) is 19.3 Å². The van der Waals surface area contributed by atoms with Crippen LogP contribution in [0.25, 0.3) is 0 Å². The summed E-state index contributed by atoms with van der Waals surface area (Å²) >= 11 is 0. The Morgan fingerprint density at radius 1 is 1.00 bits per heavy atom. The quantitative estimate of drug-likeness (QED) is 0.829. The molecule has 1 aliphatic heterocycles. The molecule has 0 bridgehead atoms. The molecule has 0 spiro atoms. The fourth-order valence-electron chi connectivity index (χ4n) is 2.76. The van der Waals surface area contributed by atoms with Crippen molar-refractivity contribution in [1.29, 1.82) is 0 Å². The number of hydrogen-bond donors (Lipinski definition) is 1. The predicted octanol–water partition coefficient (Wildman–Crippen LogP) is 2.19. The first kappa shape index (κ1) is 11.8. The van der Waals surface area contributed by atoms with Gasteiger partial charge in [-0.05, 0) is 56.0 Å². The Morgan fingerprint density at radius 3 is 2.50 bits per heavy atom. The molecule has 1 saturated carbocycles. The third kappa shape index (κ3) is 2.96. The minimum Gasteiger partial charge on any atom is -0.399 e. The normalized spacial score (nSPS) is 21.9. The molecule has 0 unspecified atom stereocenters. The molecule has 0 atom stereocenters. The van der Waals surface area contributed by atoms with E-state index < -0.39 is 0 Å². The largest absolute Gasteiger partial charge is 0.399 e. The minimum absolute atomic E-state index is 0.851. The minimum atomic E-state index is 0.851. The van der Waals surface area contributed by atoms with Crippen LogP contribution in [0.2, 0.25) is 0 Å². The van der Waals surface area contributed by atoms with Crippen molar-refractivity contribution >= 4 is 11.4 Å². The molecule has 3 rings (SSSR count). The van der Waals surface area contributed by atoms with E-state index >= 15 is 0 Å². The zero-order chi connectivity index (χ0) is 12.4. The number of benzene rings is 1. The highest BCUT2D eigenvalue weighted by atomic mass is 15.2. The lowest BCUT2D eigenvalue weighted by atomic mass is 10.2. The maximum absolute atomic E-state index is 5.74. The second-order valence-electron chi connectivity index (χ2n) is 5.68. The molecule has 98 valence electrons. The molecular formula is C15H23N3. The highest BCUT2D eigenvalue weighted by molar-refractivity contribution is 5.53. The third-order valence-corrected chi connectivity index (χ3v) is 4.06. The highest BCUT2D eigenvalue weighted by Crippen LogP contribution is 2.30.